The van der Waals surface area contributed by atoms with Gasteiger partial charge in [-0.25, -0.2) is 9.97 Å². The first-order valence-corrected chi connectivity index (χ1v) is 8.88. The highest BCUT2D eigenvalue weighted by Crippen LogP contribution is 2.26. The maximum atomic E-state index is 12.5. The van der Waals surface area contributed by atoms with Crippen LogP contribution < -0.4 is 9.64 Å². The number of nitrogens with zero attached hydrogens (tertiary/aromatic N) is 4. The van der Waals surface area contributed by atoms with E-state index in [0.29, 0.717) is 26.2 Å². The van der Waals surface area contributed by atoms with Crippen molar-refractivity contribution in [2.75, 3.05) is 37.7 Å². The zero-order chi connectivity index (χ0) is 18.7. The highest BCUT2D eigenvalue weighted by atomic mass is 35.5. The van der Waals surface area contributed by atoms with E-state index >= 15 is 0 Å². The summed E-state index contributed by atoms with van der Waals surface area (Å²) < 4.78 is 41.1. The van der Waals surface area contributed by atoms with Gasteiger partial charge in [0.2, 0.25) is 5.88 Å². The first-order valence-electron chi connectivity index (χ1n) is 7.62. The predicted molar refractivity (Wildman–Crippen MR) is 91.0 cm³/mol. The van der Waals surface area contributed by atoms with Crippen LogP contribution >= 0.6 is 22.9 Å². The number of aromatic nitrogens is 2. The molecule has 0 saturated carbocycles. The summed E-state index contributed by atoms with van der Waals surface area (Å²) in [6.45, 7) is 0.802. The molecule has 0 unspecified atom stereocenters. The lowest BCUT2D eigenvalue weighted by Gasteiger charge is -2.34. The van der Waals surface area contributed by atoms with Gasteiger partial charge in [0.15, 0.2) is 11.7 Å². The number of piperazine rings is 1. The summed E-state index contributed by atoms with van der Waals surface area (Å²) in [5.74, 6) is -0.630. The van der Waals surface area contributed by atoms with Crippen LogP contribution in [0.1, 0.15) is 10.4 Å². The maximum Gasteiger partial charge on any atom is 0.422 e. The summed E-state index contributed by atoms with van der Waals surface area (Å²) in [6.07, 6.45) is -1.59. The molecule has 1 aliphatic heterocycles. The third-order valence-corrected chi connectivity index (χ3v) is 4.79. The number of halogens is 4. The van der Waals surface area contributed by atoms with Gasteiger partial charge in [0, 0.05) is 44.0 Å². The minimum atomic E-state index is -4.49. The Labute approximate surface area is 156 Å². The maximum absolute atomic E-state index is 12.5. The Morgan fingerprint density at radius 1 is 1.27 bits per heavy atom. The molecule has 0 radical (unpaired) electrons. The van der Waals surface area contributed by atoms with Crippen molar-refractivity contribution < 1.29 is 22.7 Å². The van der Waals surface area contributed by atoms with Crippen molar-refractivity contribution in [3.05, 3.63) is 34.4 Å². The number of anilines is 1. The second-order valence-electron chi connectivity index (χ2n) is 5.51. The number of carbonyl (C=O) groups excluding carboxylic acids is 1. The van der Waals surface area contributed by atoms with Crippen LogP contribution in [0.15, 0.2) is 23.8 Å². The number of ether oxygens (including phenoxy) is 1. The van der Waals surface area contributed by atoms with Crippen LogP contribution in [0.3, 0.4) is 0 Å². The van der Waals surface area contributed by atoms with Crippen LogP contribution in [-0.2, 0) is 0 Å². The molecule has 0 N–H and O–H groups in total. The molecular weight excluding hydrogens is 393 g/mol. The minimum Gasteiger partial charge on any atom is -0.467 e. The van der Waals surface area contributed by atoms with Crippen LogP contribution in [-0.4, -0.2) is 59.7 Å². The second-order valence-corrected chi connectivity index (χ2v) is 6.79. The van der Waals surface area contributed by atoms with E-state index in [0.717, 1.165) is 5.13 Å². The second kappa shape index (κ2) is 7.67. The molecule has 6 nitrogen and oxygen atoms in total. The summed E-state index contributed by atoms with van der Waals surface area (Å²) in [5, 5.41) is 2.66. The molecule has 11 heteroatoms. The largest absolute Gasteiger partial charge is 0.467 e. The number of hydrogen-bond acceptors (Lipinski definition) is 6. The van der Waals surface area contributed by atoms with Crippen molar-refractivity contribution in [1.29, 1.82) is 0 Å². The van der Waals surface area contributed by atoms with E-state index in [-0.39, 0.29) is 22.4 Å². The number of pyridine rings is 1. The molecule has 1 saturated heterocycles. The molecule has 0 spiro atoms. The molecule has 1 aliphatic rings. The predicted octanol–water partition coefficient (Wildman–Crippen LogP) is 3.10. The van der Waals surface area contributed by atoms with Gasteiger partial charge in [-0.15, -0.1) is 11.3 Å². The van der Waals surface area contributed by atoms with Gasteiger partial charge in [0.25, 0.3) is 5.91 Å². The summed E-state index contributed by atoms with van der Waals surface area (Å²) >= 11 is 7.43. The average Bonchev–Trinajstić information content (AvgIpc) is 3.14. The van der Waals surface area contributed by atoms with Gasteiger partial charge < -0.3 is 14.5 Å². The highest BCUT2D eigenvalue weighted by Gasteiger charge is 2.29. The molecule has 1 amide bonds. The van der Waals surface area contributed by atoms with Gasteiger partial charge in [-0.3, -0.25) is 4.79 Å². The van der Waals surface area contributed by atoms with Gasteiger partial charge in [-0.05, 0) is 6.07 Å². The lowest BCUT2D eigenvalue weighted by molar-refractivity contribution is -0.154. The molecule has 2 aromatic heterocycles. The Bertz CT molecular complexity index is 765. The van der Waals surface area contributed by atoms with E-state index in [1.807, 2.05) is 5.38 Å². The first-order chi connectivity index (χ1) is 12.3. The average molecular weight is 407 g/mol. The molecule has 2 aromatic rings. The fraction of sp³-hybridized carbons (Fsp3) is 0.400. The van der Waals surface area contributed by atoms with Crippen molar-refractivity contribution in [3.8, 4) is 5.88 Å². The molecule has 3 heterocycles. The number of alkyl halides is 3. The van der Waals surface area contributed by atoms with E-state index < -0.39 is 12.8 Å². The van der Waals surface area contributed by atoms with E-state index in [1.165, 1.54) is 23.6 Å². The van der Waals surface area contributed by atoms with Crippen LogP contribution in [0.2, 0.25) is 5.02 Å². The Hall–Kier alpha value is -2.07. The SMILES string of the molecule is O=C(c1cnc(OCC(F)(F)F)c(Cl)c1)N1CCN(c2nccs2)CC1. The Morgan fingerprint density at radius 2 is 2.00 bits per heavy atom. The Balaban J connectivity index is 1.60. The van der Waals surface area contributed by atoms with Crippen molar-refractivity contribution in [1.82, 2.24) is 14.9 Å². The van der Waals surface area contributed by atoms with E-state index in [4.69, 9.17) is 11.6 Å². The van der Waals surface area contributed by atoms with Crippen LogP contribution in [0.5, 0.6) is 5.88 Å². The number of amides is 1. The van der Waals surface area contributed by atoms with Crippen molar-refractivity contribution in [2.24, 2.45) is 0 Å². The third-order valence-electron chi connectivity index (χ3n) is 3.68. The normalized spacial score (nSPS) is 15.2. The lowest BCUT2D eigenvalue weighted by Crippen LogP contribution is -2.48. The van der Waals surface area contributed by atoms with Crippen LogP contribution in [0.4, 0.5) is 18.3 Å². The minimum absolute atomic E-state index is 0.137. The third kappa shape index (κ3) is 4.55. The monoisotopic (exact) mass is 406 g/mol. The zero-order valence-electron chi connectivity index (χ0n) is 13.4. The fourth-order valence-corrected chi connectivity index (χ4v) is 3.37. The summed E-state index contributed by atoms with van der Waals surface area (Å²) in [7, 11) is 0. The summed E-state index contributed by atoms with van der Waals surface area (Å²) in [5.41, 5.74) is 0.206. The van der Waals surface area contributed by atoms with Gasteiger partial charge in [0.1, 0.15) is 5.02 Å². The lowest BCUT2D eigenvalue weighted by atomic mass is 10.2. The first kappa shape index (κ1) is 18.7. The van der Waals surface area contributed by atoms with Gasteiger partial charge in [-0.1, -0.05) is 11.6 Å². The molecule has 0 aliphatic carbocycles. The molecule has 0 bridgehead atoms. The van der Waals surface area contributed by atoms with Crippen LogP contribution in [0.25, 0.3) is 0 Å². The van der Waals surface area contributed by atoms with Gasteiger partial charge in [-0.2, -0.15) is 13.2 Å². The fourth-order valence-electron chi connectivity index (χ4n) is 2.45. The highest BCUT2D eigenvalue weighted by molar-refractivity contribution is 7.13. The summed E-state index contributed by atoms with van der Waals surface area (Å²) in [6, 6.07) is 1.27. The van der Waals surface area contributed by atoms with Crippen molar-refractivity contribution in [2.45, 2.75) is 6.18 Å². The molecule has 140 valence electrons. The molecule has 1 fully saturated rings. The Morgan fingerprint density at radius 3 is 2.58 bits per heavy atom. The standard InChI is InChI=1S/C15H14ClF3N4O2S/c16-11-7-10(8-21-12(11)25-9-15(17,18)19)13(24)22-2-4-23(5-3-22)14-20-1-6-26-14/h1,6-8H,2-5,9H2. The van der Waals surface area contributed by atoms with Crippen molar-refractivity contribution in [3.63, 3.8) is 0 Å². The van der Waals surface area contributed by atoms with Crippen LogP contribution in [0, 0.1) is 0 Å². The molecule has 26 heavy (non-hydrogen) atoms. The quantitative estimate of drug-likeness (QED) is 0.781. The topological polar surface area (TPSA) is 58.6 Å². The summed E-state index contributed by atoms with van der Waals surface area (Å²) in [4.78, 5) is 24.3. The van der Waals surface area contributed by atoms with Crippen molar-refractivity contribution >= 4 is 34.0 Å². The van der Waals surface area contributed by atoms with E-state index in [1.54, 1.807) is 11.1 Å². The Kier molecular flexibility index (Phi) is 5.52. The van der Waals surface area contributed by atoms with Gasteiger partial charge >= 0.3 is 6.18 Å². The smallest absolute Gasteiger partial charge is 0.422 e. The number of carbonyl (C=O) groups is 1. The van der Waals surface area contributed by atoms with E-state index in [9.17, 15) is 18.0 Å². The number of thiazole rings is 1. The van der Waals surface area contributed by atoms with E-state index in [2.05, 4.69) is 19.6 Å². The number of hydrogen-bond donors (Lipinski definition) is 0. The number of rotatable bonds is 4. The molecule has 3 rings (SSSR count). The molecule has 0 aromatic carbocycles. The molecular formula is C15H14ClF3N4O2S. The van der Waals surface area contributed by atoms with Gasteiger partial charge in [0.05, 0.1) is 5.56 Å². The zero-order valence-corrected chi connectivity index (χ0v) is 14.9. The molecule has 0 atom stereocenters.